The van der Waals surface area contributed by atoms with Gasteiger partial charge in [0, 0.05) is 19.5 Å². The second kappa shape index (κ2) is 6.27. The van der Waals surface area contributed by atoms with Gasteiger partial charge in [-0.1, -0.05) is 35.5 Å². The standard InChI is InChI=1S/C16H19N3O3/c1-11-17-15(18-22-11)16(21)19-9-5-8-13(19)10-14(20)12-6-3-2-4-7-12/h2-4,6-7,13-14,20H,5,8-10H2,1H3. The first-order valence-electron chi connectivity index (χ1n) is 7.49. The minimum absolute atomic E-state index is 0.00140. The summed E-state index contributed by atoms with van der Waals surface area (Å²) < 4.78 is 4.87. The van der Waals surface area contributed by atoms with Crippen molar-refractivity contribution in [2.45, 2.75) is 38.3 Å². The zero-order chi connectivity index (χ0) is 15.5. The summed E-state index contributed by atoms with van der Waals surface area (Å²) in [5.74, 6) is 0.252. The number of hydrogen-bond donors (Lipinski definition) is 1. The van der Waals surface area contributed by atoms with Crippen LogP contribution in [-0.2, 0) is 0 Å². The first-order valence-corrected chi connectivity index (χ1v) is 7.49. The third-order valence-corrected chi connectivity index (χ3v) is 4.04. The van der Waals surface area contributed by atoms with Gasteiger partial charge in [0.25, 0.3) is 11.7 Å². The van der Waals surface area contributed by atoms with Crippen LogP contribution in [0.1, 0.15) is 47.4 Å². The van der Waals surface area contributed by atoms with Crippen LogP contribution in [0.5, 0.6) is 0 Å². The maximum absolute atomic E-state index is 12.4. The van der Waals surface area contributed by atoms with Crippen LogP contribution >= 0.6 is 0 Å². The molecule has 3 rings (SSSR count). The van der Waals surface area contributed by atoms with E-state index in [1.54, 1.807) is 11.8 Å². The van der Waals surface area contributed by atoms with E-state index in [0.717, 1.165) is 18.4 Å². The summed E-state index contributed by atoms with van der Waals surface area (Å²) in [6, 6.07) is 9.51. The largest absolute Gasteiger partial charge is 0.388 e. The highest BCUT2D eigenvalue weighted by Gasteiger charge is 2.33. The summed E-state index contributed by atoms with van der Waals surface area (Å²) in [7, 11) is 0. The Morgan fingerprint density at radius 2 is 2.23 bits per heavy atom. The van der Waals surface area contributed by atoms with Crippen molar-refractivity contribution in [1.29, 1.82) is 0 Å². The Kier molecular flexibility index (Phi) is 4.20. The number of aliphatic hydroxyl groups is 1. The first kappa shape index (κ1) is 14.7. The molecule has 0 spiro atoms. The number of nitrogens with zero attached hydrogens (tertiary/aromatic N) is 3. The third-order valence-electron chi connectivity index (χ3n) is 4.04. The molecule has 0 saturated carbocycles. The van der Waals surface area contributed by atoms with Gasteiger partial charge < -0.3 is 14.5 Å². The van der Waals surface area contributed by atoms with Crippen molar-refractivity contribution in [3.05, 3.63) is 47.6 Å². The maximum Gasteiger partial charge on any atom is 0.295 e. The minimum Gasteiger partial charge on any atom is -0.388 e. The van der Waals surface area contributed by atoms with Gasteiger partial charge in [0.05, 0.1) is 6.10 Å². The number of carbonyl (C=O) groups is 1. The Bertz CT molecular complexity index is 641. The molecule has 2 heterocycles. The van der Waals surface area contributed by atoms with Gasteiger partial charge in [0.1, 0.15) is 0 Å². The highest BCUT2D eigenvalue weighted by molar-refractivity contribution is 5.90. The molecular formula is C16H19N3O3. The predicted molar refractivity (Wildman–Crippen MR) is 79.1 cm³/mol. The van der Waals surface area contributed by atoms with E-state index < -0.39 is 6.10 Å². The second-order valence-electron chi connectivity index (χ2n) is 5.59. The lowest BCUT2D eigenvalue weighted by atomic mass is 10.0. The van der Waals surface area contributed by atoms with E-state index in [2.05, 4.69) is 10.1 Å². The van der Waals surface area contributed by atoms with Crippen LogP contribution in [0.15, 0.2) is 34.9 Å². The number of aromatic nitrogens is 2. The molecule has 6 heteroatoms. The average Bonchev–Trinajstić information content (AvgIpc) is 3.16. The summed E-state index contributed by atoms with van der Waals surface area (Å²) in [4.78, 5) is 18.2. The van der Waals surface area contributed by atoms with Gasteiger partial charge in [-0.3, -0.25) is 4.79 Å². The van der Waals surface area contributed by atoms with Gasteiger partial charge in [-0.05, 0) is 24.8 Å². The van der Waals surface area contributed by atoms with E-state index in [4.69, 9.17) is 4.52 Å². The molecule has 1 fully saturated rings. The predicted octanol–water partition coefficient (Wildman–Crippen LogP) is 2.11. The van der Waals surface area contributed by atoms with Crippen molar-refractivity contribution in [2.24, 2.45) is 0 Å². The van der Waals surface area contributed by atoms with E-state index in [0.29, 0.717) is 18.9 Å². The van der Waals surface area contributed by atoms with Crippen molar-refractivity contribution in [3.63, 3.8) is 0 Å². The third kappa shape index (κ3) is 3.01. The van der Waals surface area contributed by atoms with Gasteiger partial charge in [0.2, 0.25) is 5.89 Å². The molecule has 22 heavy (non-hydrogen) atoms. The van der Waals surface area contributed by atoms with Crippen LogP contribution in [0.2, 0.25) is 0 Å². The van der Waals surface area contributed by atoms with Crippen molar-refractivity contribution in [3.8, 4) is 0 Å². The summed E-state index contributed by atoms with van der Waals surface area (Å²) >= 11 is 0. The molecule has 1 N–H and O–H groups in total. The summed E-state index contributed by atoms with van der Waals surface area (Å²) in [5.41, 5.74) is 0.872. The van der Waals surface area contributed by atoms with Crippen LogP contribution in [0, 0.1) is 6.92 Å². The number of hydrogen-bond acceptors (Lipinski definition) is 5. The highest BCUT2D eigenvalue weighted by Crippen LogP contribution is 2.28. The monoisotopic (exact) mass is 301 g/mol. The second-order valence-corrected chi connectivity index (χ2v) is 5.59. The number of rotatable bonds is 4. The zero-order valence-electron chi connectivity index (χ0n) is 12.5. The van der Waals surface area contributed by atoms with Crippen LogP contribution in [0.25, 0.3) is 0 Å². The number of benzene rings is 1. The lowest BCUT2D eigenvalue weighted by molar-refractivity contribution is 0.0652. The number of aliphatic hydroxyl groups excluding tert-OH is 1. The van der Waals surface area contributed by atoms with Crippen molar-refractivity contribution in [2.75, 3.05) is 6.54 Å². The molecule has 1 aliphatic heterocycles. The number of likely N-dealkylation sites (tertiary alicyclic amines) is 1. The molecule has 116 valence electrons. The molecule has 2 unspecified atom stereocenters. The van der Waals surface area contributed by atoms with Gasteiger partial charge in [0.15, 0.2) is 0 Å². The quantitative estimate of drug-likeness (QED) is 0.935. The van der Waals surface area contributed by atoms with Crippen LogP contribution < -0.4 is 0 Å². The number of carbonyl (C=O) groups excluding carboxylic acids is 1. The maximum atomic E-state index is 12.4. The SMILES string of the molecule is Cc1nc(C(=O)N2CCCC2CC(O)c2ccccc2)no1. The lowest BCUT2D eigenvalue weighted by Gasteiger charge is -2.25. The van der Waals surface area contributed by atoms with Gasteiger partial charge in [-0.25, -0.2) is 0 Å². The topological polar surface area (TPSA) is 79.5 Å². The fourth-order valence-electron chi connectivity index (χ4n) is 2.93. The lowest BCUT2D eigenvalue weighted by Crippen LogP contribution is -2.37. The van der Waals surface area contributed by atoms with Gasteiger partial charge in [-0.15, -0.1) is 0 Å². The van der Waals surface area contributed by atoms with Crippen LogP contribution in [-0.4, -0.2) is 38.6 Å². The number of aryl methyl sites for hydroxylation is 1. The Morgan fingerprint density at radius 1 is 1.45 bits per heavy atom. The van der Waals surface area contributed by atoms with Crippen LogP contribution in [0.4, 0.5) is 0 Å². The Hall–Kier alpha value is -2.21. The molecule has 2 atom stereocenters. The fourth-order valence-corrected chi connectivity index (χ4v) is 2.93. The van der Waals surface area contributed by atoms with E-state index in [9.17, 15) is 9.90 Å². The highest BCUT2D eigenvalue weighted by atomic mass is 16.5. The molecule has 1 saturated heterocycles. The Balaban J connectivity index is 1.69. The summed E-state index contributed by atoms with van der Waals surface area (Å²) in [6.07, 6.45) is 1.75. The zero-order valence-corrected chi connectivity index (χ0v) is 12.5. The van der Waals surface area contributed by atoms with E-state index in [-0.39, 0.29) is 17.8 Å². The van der Waals surface area contributed by atoms with Gasteiger partial charge >= 0.3 is 0 Å². The first-order chi connectivity index (χ1) is 10.6. The van der Waals surface area contributed by atoms with Crippen molar-refractivity contribution < 1.29 is 14.4 Å². The van der Waals surface area contributed by atoms with Gasteiger partial charge in [-0.2, -0.15) is 4.98 Å². The van der Waals surface area contributed by atoms with E-state index in [1.807, 2.05) is 30.3 Å². The van der Waals surface area contributed by atoms with E-state index >= 15 is 0 Å². The Labute approximate surface area is 128 Å². The normalized spacial score (nSPS) is 19.4. The summed E-state index contributed by atoms with van der Waals surface area (Å²) in [6.45, 7) is 2.32. The molecule has 1 aliphatic rings. The molecule has 0 aliphatic carbocycles. The smallest absolute Gasteiger partial charge is 0.295 e. The summed E-state index contributed by atoms with van der Waals surface area (Å²) in [5, 5.41) is 14.1. The molecule has 1 amide bonds. The Morgan fingerprint density at radius 3 is 2.91 bits per heavy atom. The molecule has 2 aromatic rings. The van der Waals surface area contributed by atoms with Crippen LogP contribution in [0.3, 0.4) is 0 Å². The van der Waals surface area contributed by atoms with Crippen molar-refractivity contribution >= 4 is 5.91 Å². The van der Waals surface area contributed by atoms with Crippen molar-refractivity contribution in [1.82, 2.24) is 15.0 Å². The molecule has 1 aromatic carbocycles. The molecule has 0 bridgehead atoms. The molecule has 0 radical (unpaired) electrons. The molecular weight excluding hydrogens is 282 g/mol. The fraction of sp³-hybridized carbons (Fsp3) is 0.438. The molecule has 6 nitrogen and oxygen atoms in total. The number of amides is 1. The van der Waals surface area contributed by atoms with E-state index in [1.165, 1.54) is 0 Å². The molecule has 1 aromatic heterocycles. The average molecular weight is 301 g/mol. The minimum atomic E-state index is -0.577.